The molecule has 2 aliphatic carbocycles. The first-order valence-corrected chi connectivity index (χ1v) is 8.99. The van der Waals surface area contributed by atoms with Crippen LogP contribution in [0.25, 0.3) is 0 Å². The van der Waals surface area contributed by atoms with Crippen LogP contribution >= 0.6 is 0 Å². The molecule has 1 aromatic carbocycles. The number of hydrogen-bond donors (Lipinski definition) is 0. The summed E-state index contributed by atoms with van der Waals surface area (Å²) >= 11 is 0. The van der Waals surface area contributed by atoms with E-state index in [0.717, 1.165) is 11.4 Å². The van der Waals surface area contributed by atoms with Gasteiger partial charge < -0.3 is 9.47 Å². The van der Waals surface area contributed by atoms with Gasteiger partial charge in [0.05, 0.1) is 30.1 Å². The lowest BCUT2D eigenvalue weighted by atomic mass is 9.85. The number of ether oxygens (including phenoxy) is 2. The highest BCUT2D eigenvalue weighted by Crippen LogP contribution is 2.52. The Hall–Kier alpha value is -3.67. The molecule has 2 fully saturated rings. The number of rotatable bonds is 6. The number of carbonyl (C=O) groups is 2. The Morgan fingerprint density at radius 1 is 1.31 bits per heavy atom. The van der Waals surface area contributed by atoms with Gasteiger partial charge in [0.2, 0.25) is 5.75 Å². The predicted octanol–water partition coefficient (Wildman–Crippen LogP) is 1.76. The molecule has 4 atom stereocenters. The second-order valence-corrected chi connectivity index (χ2v) is 7.05. The molecule has 1 aliphatic heterocycles. The molecule has 0 unspecified atom stereocenters. The van der Waals surface area contributed by atoms with Crippen molar-refractivity contribution in [1.29, 1.82) is 0 Å². The molecule has 4 rings (SSSR count). The van der Waals surface area contributed by atoms with E-state index in [9.17, 15) is 19.7 Å². The maximum atomic E-state index is 12.7. The monoisotopic (exact) mass is 395 g/mol. The van der Waals surface area contributed by atoms with Gasteiger partial charge in [-0.15, -0.1) is 6.42 Å². The van der Waals surface area contributed by atoms with E-state index in [0.29, 0.717) is 0 Å². The van der Waals surface area contributed by atoms with Crippen molar-refractivity contribution in [2.45, 2.75) is 6.42 Å². The molecule has 2 amide bonds. The normalized spacial score (nSPS) is 26.8. The summed E-state index contributed by atoms with van der Waals surface area (Å²) in [5.41, 5.74) is -0.0837. The van der Waals surface area contributed by atoms with Gasteiger partial charge >= 0.3 is 5.69 Å². The molecule has 0 aromatic heterocycles. The van der Waals surface area contributed by atoms with E-state index in [-0.39, 0.29) is 64.8 Å². The average Bonchev–Trinajstić information content (AvgIpc) is 3.39. The minimum atomic E-state index is -0.633. The molecular weight excluding hydrogens is 378 g/mol. The molecule has 148 valence electrons. The van der Waals surface area contributed by atoms with Crippen LogP contribution in [0.3, 0.4) is 0 Å². The van der Waals surface area contributed by atoms with Crippen LogP contribution in [0.5, 0.6) is 11.5 Å². The third-order valence-electron chi connectivity index (χ3n) is 5.54. The van der Waals surface area contributed by atoms with E-state index in [1.54, 1.807) is 0 Å². The van der Waals surface area contributed by atoms with Crippen LogP contribution in [0, 0.1) is 46.1 Å². The Morgan fingerprint density at radius 2 is 1.97 bits per heavy atom. The summed E-state index contributed by atoms with van der Waals surface area (Å²) in [5, 5.41) is 16.3. The Labute approximate surface area is 166 Å². The van der Waals surface area contributed by atoms with E-state index in [2.05, 4.69) is 11.0 Å². The zero-order valence-electron chi connectivity index (χ0n) is 15.5. The van der Waals surface area contributed by atoms with E-state index in [4.69, 9.17) is 15.9 Å². The summed E-state index contributed by atoms with van der Waals surface area (Å²) < 4.78 is 10.4. The van der Waals surface area contributed by atoms with Crippen LogP contribution in [-0.2, 0) is 9.59 Å². The van der Waals surface area contributed by atoms with Gasteiger partial charge in [0.15, 0.2) is 5.75 Å². The Kier molecular flexibility index (Phi) is 4.54. The number of hydrazone groups is 1. The Morgan fingerprint density at radius 3 is 2.52 bits per heavy atom. The summed E-state index contributed by atoms with van der Waals surface area (Å²) in [6.45, 7) is -0.166. The van der Waals surface area contributed by atoms with Gasteiger partial charge in [-0.3, -0.25) is 19.7 Å². The molecule has 0 N–H and O–H groups in total. The maximum Gasteiger partial charge on any atom is 0.315 e. The molecule has 0 radical (unpaired) electrons. The minimum absolute atomic E-state index is 0.0791. The fraction of sp³-hybridized carbons (Fsp3) is 0.350. The van der Waals surface area contributed by atoms with E-state index >= 15 is 0 Å². The number of amides is 2. The summed E-state index contributed by atoms with van der Waals surface area (Å²) in [5.74, 6) is 1.00. The molecule has 0 spiro atoms. The molecular formula is C20H17N3O6. The van der Waals surface area contributed by atoms with Crippen LogP contribution in [0.1, 0.15) is 12.0 Å². The third kappa shape index (κ3) is 2.93. The smallest absolute Gasteiger partial charge is 0.315 e. The highest BCUT2D eigenvalue weighted by Gasteiger charge is 2.59. The van der Waals surface area contributed by atoms with E-state index in [1.807, 2.05) is 12.2 Å². The number of imide groups is 1. The van der Waals surface area contributed by atoms with Crippen molar-refractivity contribution in [3.05, 3.63) is 40.0 Å². The van der Waals surface area contributed by atoms with E-state index < -0.39 is 4.92 Å². The second-order valence-electron chi connectivity index (χ2n) is 7.05. The Balaban J connectivity index is 1.63. The lowest BCUT2D eigenvalue weighted by molar-refractivity contribution is -0.385. The molecule has 1 aromatic rings. The molecule has 9 heteroatoms. The zero-order valence-corrected chi connectivity index (χ0v) is 15.5. The number of carbonyl (C=O) groups excluding carboxylic acids is 2. The topological polar surface area (TPSA) is 111 Å². The first-order chi connectivity index (χ1) is 14.0. The van der Waals surface area contributed by atoms with Gasteiger partial charge in [0, 0.05) is 11.6 Å². The number of methoxy groups -OCH3 is 1. The molecule has 29 heavy (non-hydrogen) atoms. The molecule has 1 saturated carbocycles. The van der Waals surface area contributed by atoms with Crippen molar-refractivity contribution >= 4 is 23.7 Å². The lowest BCUT2D eigenvalue weighted by Gasteiger charge is -2.13. The first-order valence-electron chi connectivity index (χ1n) is 8.99. The Bertz CT molecular complexity index is 978. The standard InChI is InChI=1S/C20H17N3O6/c1-3-6-29-18-14(23(26)27)7-11(8-15(18)28-2)10-21-22-19(24)16-12-4-5-13(9-12)17(16)20(22)25/h1,4-5,7-8,10,12-13,16-17H,6,9H2,2H3/t12-,13-,16-,17+/m0/s1. The average molecular weight is 395 g/mol. The number of nitrogens with zero attached hydrogens (tertiary/aromatic N) is 3. The number of terminal acetylenes is 1. The zero-order chi connectivity index (χ0) is 20.7. The van der Waals surface area contributed by atoms with Gasteiger partial charge in [0.1, 0.15) is 6.61 Å². The van der Waals surface area contributed by atoms with Crippen molar-refractivity contribution in [2.75, 3.05) is 13.7 Å². The van der Waals surface area contributed by atoms with Crippen LogP contribution in [-0.4, -0.2) is 41.7 Å². The number of benzene rings is 1. The number of fused-ring (bicyclic) bond motifs is 5. The van der Waals surface area contributed by atoms with Crippen molar-refractivity contribution < 1.29 is 24.0 Å². The van der Waals surface area contributed by atoms with Crippen LogP contribution in [0.15, 0.2) is 29.4 Å². The number of nitro groups is 1. The highest BCUT2D eigenvalue weighted by atomic mass is 16.6. The fourth-order valence-corrected chi connectivity index (χ4v) is 4.35. The van der Waals surface area contributed by atoms with Gasteiger partial charge in [-0.1, -0.05) is 18.1 Å². The lowest BCUT2D eigenvalue weighted by Crippen LogP contribution is -2.28. The van der Waals surface area contributed by atoms with Crippen molar-refractivity contribution in [3.63, 3.8) is 0 Å². The number of allylic oxidation sites excluding steroid dienone is 2. The minimum Gasteiger partial charge on any atom is -0.493 e. The first kappa shape index (κ1) is 18.7. The van der Waals surface area contributed by atoms with Crippen LogP contribution in [0.2, 0.25) is 0 Å². The second kappa shape index (κ2) is 7.05. The summed E-state index contributed by atoms with van der Waals surface area (Å²) in [6, 6.07) is 2.68. The molecule has 9 nitrogen and oxygen atoms in total. The van der Waals surface area contributed by atoms with Gasteiger partial charge in [-0.25, -0.2) is 0 Å². The quantitative estimate of drug-likeness (QED) is 0.181. The summed E-state index contributed by atoms with van der Waals surface area (Å²) in [7, 11) is 1.33. The van der Waals surface area contributed by atoms with Crippen LogP contribution < -0.4 is 9.47 Å². The number of hydrogen-bond acceptors (Lipinski definition) is 7. The molecule has 1 saturated heterocycles. The molecule has 3 aliphatic rings. The maximum absolute atomic E-state index is 12.7. The third-order valence-corrected chi connectivity index (χ3v) is 5.54. The van der Waals surface area contributed by atoms with E-state index in [1.165, 1.54) is 25.5 Å². The van der Waals surface area contributed by atoms with Crippen molar-refractivity contribution in [1.82, 2.24) is 5.01 Å². The summed E-state index contributed by atoms with van der Waals surface area (Å²) in [6.07, 6.45) is 11.2. The highest BCUT2D eigenvalue weighted by molar-refractivity contribution is 6.06. The number of nitro benzene ring substituents is 1. The van der Waals surface area contributed by atoms with Gasteiger partial charge in [-0.05, 0) is 24.3 Å². The van der Waals surface area contributed by atoms with Crippen LogP contribution in [0.4, 0.5) is 5.69 Å². The van der Waals surface area contributed by atoms with Crippen molar-refractivity contribution in [3.8, 4) is 23.8 Å². The van der Waals surface area contributed by atoms with Gasteiger partial charge in [-0.2, -0.15) is 10.1 Å². The fourth-order valence-electron chi connectivity index (χ4n) is 4.35. The van der Waals surface area contributed by atoms with Gasteiger partial charge in [0.25, 0.3) is 11.8 Å². The molecule has 2 bridgehead atoms. The summed E-state index contributed by atoms with van der Waals surface area (Å²) in [4.78, 5) is 36.1. The van der Waals surface area contributed by atoms with Crippen molar-refractivity contribution in [2.24, 2.45) is 28.8 Å². The molecule has 1 heterocycles. The largest absolute Gasteiger partial charge is 0.493 e. The predicted molar refractivity (Wildman–Crippen MR) is 101 cm³/mol. The SMILES string of the molecule is C#CCOc1c(OC)cc(C=NN2C(=O)[C@@H]3[C@H](C2=O)[C@H]2C=C[C@H]3C2)cc1[N+](=O)[O-].